The molecule has 108 valence electrons. The van der Waals surface area contributed by atoms with E-state index in [1.807, 2.05) is 29.8 Å². The largest absolute Gasteiger partial charge is 0.491 e. The van der Waals surface area contributed by atoms with Gasteiger partial charge in [-0.05, 0) is 32.5 Å². The molecule has 0 spiro atoms. The van der Waals surface area contributed by atoms with Crippen LogP contribution < -0.4 is 10.1 Å². The SMILES string of the molecule is CCNCc1ccccc1OCCn1nc(C)cc1C. The third-order valence-corrected chi connectivity index (χ3v) is 3.20. The van der Waals surface area contributed by atoms with Crippen LogP contribution in [0.3, 0.4) is 0 Å². The number of aromatic nitrogens is 2. The number of nitrogens with zero attached hydrogens (tertiary/aromatic N) is 2. The molecule has 0 saturated carbocycles. The Hall–Kier alpha value is -1.81. The highest BCUT2D eigenvalue weighted by molar-refractivity contribution is 5.33. The monoisotopic (exact) mass is 273 g/mol. The standard InChI is InChI=1S/C16H23N3O/c1-4-17-12-15-7-5-6-8-16(15)20-10-9-19-14(3)11-13(2)18-19/h5-8,11,17H,4,9-10,12H2,1-3H3. The zero-order chi connectivity index (χ0) is 14.4. The maximum Gasteiger partial charge on any atom is 0.123 e. The quantitative estimate of drug-likeness (QED) is 0.843. The lowest BCUT2D eigenvalue weighted by Crippen LogP contribution is -2.15. The summed E-state index contributed by atoms with van der Waals surface area (Å²) in [6, 6.07) is 10.3. The highest BCUT2D eigenvalue weighted by Crippen LogP contribution is 2.17. The first-order chi connectivity index (χ1) is 9.70. The van der Waals surface area contributed by atoms with E-state index in [0.717, 1.165) is 31.1 Å². The summed E-state index contributed by atoms with van der Waals surface area (Å²) < 4.78 is 7.89. The van der Waals surface area contributed by atoms with Crippen LogP contribution in [0.4, 0.5) is 0 Å². The van der Waals surface area contributed by atoms with E-state index in [2.05, 4.69) is 36.4 Å². The van der Waals surface area contributed by atoms with Crippen LogP contribution in [-0.2, 0) is 13.1 Å². The van der Waals surface area contributed by atoms with E-state index in [1.165, 1.54) is 11.3 Å². The summed E-state index contributed by atoms with van der Waals surface area (Å²) in [5.41, 5.74) is 3.42. The Balaban J connectivity index is 1.92. The first kappa shape index (κ1) is 14.6. The predicted octanol–water partition coefficient (Wildman–Crippen LogP) is 2.69. The summed E-state index contributed by atoms with van der Waals surface area (Å²) in [7, 11) is 0. The van der Waals surface area contributed by atoms with Crippen molar-refractivity contribution in [3.8, 4) is 5.75 Å². The summed E-state index contributed by atoms with van der Waals surface area (Å²) in [6.45, 7) is 9.38. The Bertz CT molecular complexity index is 548. The molecule has 0 aliphatic heterocycles. The van der Waals surface area contributed by atoms with Crippen molar-refractivity contribution in [2.75, 3.05) is 13.2 Å². The minimum atomic E-state index is 0.630. The number of para-hydroxylation sites is 1. The van der Waals surface area contributed by atoms with E-state index in [4.69, 9.17) is 4.74 Å². The molecule has 1 heterocycles. The third kappa shape index (κ3) is 3.84. The second-order valence-electron chi connectivity index (χ2n) is 4.89. The lowest BCUT2D eigenvalue weighted by molar-refractivity contribution is 0.286. The maximum absolute atomic E-state index is 5.90. The van der Waals surface area contributed by atoms with Gasteiger partial charge in [0.1, 0.15) is 12.4 Å². The van der Waals surface area contributed by atoms with Gasteiger partial charge in [-0.3, -0.25) is 4.68 Å². The number of ether oxygens (including phenoxy) is 1. The summed E-state index contributed by atoms with van der Waals surface area (Å²) in [5, 5.41) is 7.77. The molecule has 0 saturated heterocycles. The van der Waals surface area contributed by atoms with Gasteiger partial charge in [0, 0.05) is 17.8 Å². The molecule has 0 radical (unpaired) electrons. The second kappa shape index (κ2) is 7.10. The summed E-state index contributed by atoms with van der Waals surface area (Å²) in [5.74, 6) is 0.954. The van der Waals surface area contributed by atoms with Crippen molar-refractivity contribution in [1.82, 2.24) is 15.1 Å². The molecular formula is C16H23N3O. The van der Waals surface area contributed by atoms with E-state index in [9.17, 15) is 0 Å². The van der Waals surface area contributed by atoms with Gasteiger partial charge in [-0.1, -0.05) is 25.1 Å². The average Bonchev–Trinajstić information content (AvgIpc) is 2.76. The fourth-order valence-electron chi connectivity index (χ4n) is 2.19. The molecule has 0 bridgehead atoms. The van der Waals surface area contributed by atoms with Gasteiger partial charge in [0.25, 0.3) is 0 Å². The first-order valence-corrected chi connectivity index (χ1v) is 7.13. The molecule has 1 aromatic heterocycles. The summed E-state index contributed by atoms with van der Waals surface area (Å²) in [6.07, 6.45) is 0. The summed E-state index contributed by atoms with van der Waals surface area (Å²) in [4.78, 5) is 0. The van der Waals surface area contributed by atoms with Crippen LogP contribution in [0, 0.1) is 13.8 Å². The number of aryl methyl sites for hydroxylation is 2. The molecule has 1 aromatic carbocycles. The van der Waals surface area contributed by atoms with Crippen molar-refractivity contribution < 1.29 is 4.74 Å². The molecule has 2 aromatic rings. The van der Waals surface area contributed by atoms with Crippen molar-refractivity contribution in [3.63, 3.8) is 0 Å². The Morgan fingerprint density at radius 2 is 2.05 bits per heavy atom. The fraction of sp³-hybridized carbons (Fsp3) is 0.438. The van der Waals surface area contributed by atoms with Gasteiger partial charge in [0.2, 0.25) is 0 Å². The number of nitrogens with one attached hydrogen (secondary N) is 1. The van der Waals surface area contributed by atoms with Gasteiger partial charge in [0.05, 0.1) is 12.2 Å². The van der Waals surface area contributed by atoms with Gasteiger partial charge in [-0.15, -0.1) is 0 Å². The number of hydrogen-bond donors (Lipinski definition) is 1. The molecule has 1 N–H and O–H groups in total. The molecular weight excluding hydrogens is 250 g/mol. The third-order valence-electron chi connectivity index (χ3n) is 3.20. The van der Waals surface area contributed by atoms with Crippen LogP contribution in [0.5, 0.6) is 5.75 Å². The molecule has 0 unspecified atom stereocenters. The van der Waals surface area contributed by atoms with Crippen LogP contribution in [0.1, 0.15) is 23.9 Å². The van der Waals surface area contributed by atoms with E-state index < -0.39 is 0 Å². The van der Waals surface area contributed by atoms with Gasteiger partial charge in [-0.25, -0.2) is 0 Å². The van der Waals surface area contributed by atoms with Gasteiger partial charge in [-0.2, -0.15) is 5.10 Å². The van der Waals surface area contributed by atoms with Crippen LogP contribution >= 0.6 is 0 Å². The minimum absolute atomic E-state index is 0.630. The van der Waals surface area contributed by atoms with Gasteiger partial charge < -0.3 is 10.1 Å². The fourth-order valence-corrected chi connectivity index (χ4v) is 2.19. The Kier molecular flexibility index (Phi) is 5.18. The normalized spacial score (nSPS) is 10.8. The molecule has 20 heavy (non-hydrogen) atoms. The Labute approximate surface area is 120 Å². The summed E-state index contributed by atoms with van der Waals surface area (Å²) >= 11 is 0. The highest BCUT2D eigenvalue weighted by Gasteiger charge is 2.04. The van der Waals surface area contributed by atoms with Gasteiger partial charge in [0.15, 0.2) is 0 Å². The number of benzene rings is 1. The van der Waals surface area contributed by atoms with Crippen LogP contribution in [-0.4, -0.2) is 22.9 Å². The topological polar surface area (TPSA) is 39.1 Å². The zero-order valence-corrected chi connectivity index (χ0v) is 12.5. The lowest BCUT2D eigenvalue weighted by atomic mass is 10.2. The lowest BCUT2D eigenvalue weighted by Gasteiger charge is -2.12. The van der Waals surface area contributed by atoms with Crippen molar-refractivity contribution in [2.24, 2.45) is 0 Å². The minimum Gasteiger partial charge on any atom is -0.491 e. The van der Waals surface area contributed by atoms with E-state index >= 15 is 0 Å². The maximum atomic E-state index is 5.90. The molecule has 0 fully saturated rings. The number of rotatable bonds is 7. The molecule has 2 rings (SSSR count). The van der Waals surface area contributed by atoms with Crippen molar-refractivity contribution >= 4 is 0 Å². The van der Waals surface area contributed by atoms with Crippen LogP contribution in [0.15, 0.2) is 30.3 Å². The Morgan fingerprint density at radius 3 is 2.75 bits per heavy atom. The highest BCUT2D eigenvalue weighted by atomic mass is 16.5. The van der Waals surface area contributed by atoms with Crippen LogP contribution in [0.25, 0.3) is 0 Å². The van der Waals surface area contributed by atoms with Gasteiger partial charge >= 0.3 is 0 Å². The zero-order valence-electron chi connectivity index (χ0n) is 12.5. The second-order valence-corrected chi connectivity index (χ2v) is 4.89. The first-order valence-electron chi connectivity index (χ1n) is 7.13. The van der Waals surface area contributed by atoms with E-state index in [-0.39, 0.29) is 0 Å². The predicted molar refractivity (Wildman–Crippen MR) is 81.0 cm³/mol. The van der Waals surface area contributed by atoms with Crippen molar-refractivity contribution in [1.29, 1.82) is 0 Å². The van der Waals surface area contributed by atoms with E-state index in [1.54, 1.807) is 0 Å². The smallest absolute Gasteiger partial charge is 0.123 e. The van der Waals surface area contributed by atoms with E-state index in [0.29, 0.717) is 6.61 Å². The molecule has 0 aliphatic carbocycles. The molecule has 4 heteroatoms. The number of hydrogen-bond acceptors (Lipinski definition) is 3. The Morgan fingerprint density at radius 1 is 1.25 bits per heavy atom. The average molecular weight is 273 g/mol. The van der Waals surface area contributed by atoms with Crippen molar-refractivity contribution in [3.05, 3.63) is 47.3 Å². The van der Waals surface area contributed by atoms with Crippen molar-refractivity contribution in [2.45, 2.75) is 33.9 Å². The molecule has 0 atom stereocenters. The molecule has 0 amide bonds. The molecule has 4 nitrogen and oxygen atoms in total. The van der Waals surface area contributed by atoms with Crippen LogP contribution in [0.2, 0.25) is 0 Å². The molecule has 0 aliphatic rings.